The van der Waals surface area contributed by atoms with Crippen molar-refractivity contribution in [1.29, 1.82) is 0 Å². The van der Waals surface area contributed by atoms with Crippen molar-refractivity contribution in [2.24, 2.45) is 11.8 Å². The summed E-state index contributed by atoms with van der Waals surface area (Å²) in [4.78, 5) is 14.0. The summed E-state index contributed by atoms with van der Waals surface area (Å²) >= 11 is 0. The Balaban J connectivity index is 1.49. The third kappa shape index (κ3) is 2.86. The number of rotatable bonds is 2. The number of carbonyl (C=O) groups is 1. The molecule has 2 N–H and O–H groups in total. The van der Waals surface area contributed by atoms with Gasteiger partial charge in [-0.15, -0.1) is 0 Å². The number of nitrogens with one attached hydrogen (secondary N) is 2. The number of hydrogen-bond acceptors (Lipinski definition) is 3. The fourth-order valence-corrected chi connectivity index (χ4v) is 3.78. The summed E-state index contributed by atoms with van der Waals surface area (Å²) in [5, 5.41) is 6.60. The highest BCUT2D eigenvalue weighted by molar-refractivity contribution is 5.77. The highest BCUT2D eigenvalue weighted by Crippen LogP contribution is 2.26. The maximum Gasteiger partial charge on any atom is 0.220 e. The highest BCUT2D eigenvalue weighted by atomic mass is 16.1. The summed E-state index contributed by atoms with van der Waals surface area (Å²) in [7, 11) is 0. The van der Waals surface area contributed by atoms with Crippen molar-refractivity contribution < 1.29 is 4.79 Å². The van der Waals surface area contributed by atoms with Gasteiger partial charge in [-0.3, -0.25) is 4.79 Å². The first-order valence-corrected chi connectivity index (χ1v) is 7.53. The van der Waals surface area contributed by atoms with Gasteiger partial charge in [-0.2, -0.15) is 0 Å². The summed E-state index contributed by atoms with van der Waals surface area (Å²) in [5.41, 5.74) is 0. The molecular formula is C14H25N3O. The first-order valence-electron chi connectivity index (χ1n) is 7.53. The lowest BCUT2D eigenvalue weighted by molar-refractivity contribution is -0.125. The van der Waals surface area contributed by atoms with Gasteiger partial charge in [0.15, 0.2) is 0 Å². The van der Waals surface area contributed by atoms with Crippen LogP contribution in [0.3, 0.4) is 0 Å². The van der Waals surface area contributed by atoms with E-state index in [1.807, 2.05) is 0 Å². The van der Waals surface area contributed by atoms with E-state index in [0.717, 1.165) is 25.2 Å². The minimum Gasteiger partial charge on any atom is -0.353 e. The number of nitrogens with zero attached hydrogens (tertiary/aromatic N) is 1. The van der Waals surface area contributed by atoms with Crippen LogP contribution < -0.4 is 10.6 Å². The molecule has 3 rings (SSSR count). The normalized spacial score (nSPS) is 35.0. The Morgan fingerprint density at radius 2 is 2.00 bits per heavy atom. The Kier molecular flexibility index (Phi) is 3.85. The van der Waals surface area contributed by atoms with Crippen LogP contribution in [0.15, 0.2) is 0 Å². The van der Waals surface area contributed by atoms with Gasteiger partial charge in [-0.05, 0) is 50.6 Å². The van der Waals surface area contributed by atoms with Gasteiger partial charge in [0.2, 0.25) is 5.91 Å². The van der Waals surface area contributed by atoms with Crippen molar-refractivity contribution in [3.05, 3.63) is 0 Å². The van der Waals surface area contributed by atoms with E-state index in [1.54, 1.807) is 0 Å². The summed E-state index contributed by atoms with van der Waals surface area (Å²) in [6, 6.07) is 0.468. The Bertz CT molecular complexity index is 301. The maximum atomic E-state index is 11.4. The lowest BCUT2D eigenvalue weighted by Gasteiger charge is -2.42. The van der Waals surface area contributed by atoms with E-state index in [0.29, 0.717) is 12.0 Å². The van der Waals surface area contributed by atoms with Gasteiger partial charge < -0.3 is 15.5 Å². The molecule has 0 spiro atoms. The molecule has 0 saturated carbocycles. The van der Waals surface area contributed by atoms with Crippen LogP contribution in [-0.2, 0) is 4.79 Å². The van der Waals surface area contributed by atoms with Crippen molar-refractivity contribution in [3.8, 4) is 0 Å². The predicted octanol–water partition coefficient (Wildman–Crippen LogP) is 0.587. The molecule has 0 aromatic heterocycles. The molecule has 0 aromatic rings. The van der Waals surface area contributed by atoms with Crippen LogP contribution in [0.5, 0.6) is 0 Å². The van der Waals surface area contributed by atoms with E-state index in [-0.39, 0.29) is 5.91 Å². The largest absolute Gasteiger partial charge is 0.353 e. The Labute approximate surface area is 109 Å². The SMILES string of the molecule is O=C1CCC2CN(CC3CCNCC3)CCC2N1. The molecule has 3 saturated heterocycles. The molecule has 2 atom stereocenters. The third-order valence-corrected chi connectivity index (χ3v) is 4.88. The molecule has 4 nitrogen and oxygen atoms in total. The molecule has 0 aliphatic carbocycles. The van der Waals surface area contributed by atoms with Crippen LogP contribution in [-0.4, -0.2) is 49.6 Å². The van der Waals surface area contributed by atoms with Gasteiger partial charge in [0, 0.05) is 32.1 Å². The van der Waals surface area contributed by atoms with E-state index < -0.39 is 0 Å². The monoisotopic (exact) mass is 251 g/mol. The molecule has 4 heteroatoms. The van der Waals surface area contributed by atoms with Crippen LogP contribution in [0.25, 0.3) is 0 Å². The van der Waals surface area contributed by atoms with Crippen molar-refractivity contribution in [1.82, 2.24) is 15.5 Å². The molecule has 3 heterocycles. The second kappa shape index (κ2) is 5.57. The van der Waals surface area contributed by atoms with E-state index in [2.05, 4.69) is 15.5 Å². The Morgan fingerprint density at radius 1 is 1.17 bits per heavy atom. The van der Waals surface area contributed by atoms with Gasteiger partial charge in [-0.1, -0.05) is 0 Å². The zero-order chi connectivity index (χ0) is 12.4. The van der Waals surface area contributed by atoms with E-state index in [9.17, 15) is 4.79 Å². The summed E-state index contributed by atoms with van der Waals surface area (Å²) < 4.78 is 0. The van der Waals surface area contributed by atoms with Crippen molar-refractivity contribution >= 4 is 5.91 Å². The number of amides is 1. The lowest BCUT2D eigenvalue weighted by atomic mass is 9.84. The van der Waals surface area contributed by atoms with Gasteiger partial charge in [0.05, 0.1) is 0 Å². The van der Waals surface area contributed by atoms with E-state index >= 15 is 0 Å². The molecule has 3 aliphatic heterocycles. The van der Waals surface area contributed by atoms with Crippen molar-refractivity contribution in [2.75, 3.05) is 32.7 Å². The van der Waals surface area contributed by atoms with Gasteiger partial charge >= 0.3 is 0 Å². The van der Waals surface area contributed by atoms with Crippen LogP contribution in [0.4, 0.5) is 0 Å². The molecule has 0 radical (unpaired) electrons. The van der Waals surface area contributed by atoms with Crippen LogP contribution in [0, 0.1) is 11.8 Å². The molecule has 3 fully saturated rings. The average Bonchev–Trinajstić information content (AvgIpc) is 2.40. The molecule has 18 heavy (non-hydrogen) atoms. The first kappa shape index (κ1) is 12.4. The summed E-state index contributed by atoms with van der Waals surface area (Å²) in [6.45, 7) is 6.04. The quantitative estimate of drug-likeness (QED) is 0.755. The number of fused-ring (bicyclic) bond motifs is 1. The molecule has 3 aliphatic rings. The van der Waals surface area contributed by atoms with Gasteiger partial charge in [0.25, 0.3) is 0 Å². The van der Waals surface area contributed by atoms with Gasteiger partial charge in [0.1, 0.15) is 0 Å². The van der Waals surface area contributed by atoms with Crippen LogP contribution >= 0.6 is 0 Å². The standard InChI is InChI=1S/C14H25N3O/c18-14-2-1-12-10-17(8-5-13(12)16-14)9-11-3-6-15-7-4-11/h11-13,15H,1-10H2,(H,16,18). The molecule has 0 bridgehead atoms. The molecular weight excluding hydrogens is 226 g/mol. The van der Waals surface area contributed by atoms with E-state index in [1.165, 1.54) is 45.6 Å². The number of piperidine rings is 3. The topological polar surface area (TPSA) is 44.4 Å². The second-order valence-corrected chi connectivity index (χ2v) is 6.21. The van der Waals surface area contributed by atoms with Crippen LogP contribution in [0.1, 0.15) is 32.1 Å². The lowest BCUT2D eigenvalue weighted by Crippen LogP contribution is -2.54. The first-order chi connectivity index (χ1) is 8.81. The van der Waals surface area contributed by atoms with E-state index in [4.69, 9.17) is 0 Å². The molecule has 2 unspecified atom stereocenters. The Morgan fingerprint density at radius 3 is 2.83 bits per heavy atom. The fourth-order valence-electron chi connectivity index (χ4n) is 3.78. The fraction of sp³-hybridized carbons (Fsp3) is 0.929. The smallest absolute Gasteiger partial charge is 0.220 e. The van der Waals surface area contributed by atoms with Crippen molar-refractivity contribution in [3.63, 3.8) is 0 Å². The van der Waals surface area contributed by atoms with Crippen molar-refractivity contribution in [2.45, 2.75) is 38.1 Å². The average molecular weight is 251 g/mol. The summed E-state index contributed by atoms with van der Waals surface area (Å²) in [6.07, 6.45) is 5.66. The minimum absolute atomic E-state index is 0.267. The van der Waals surface area contributed by atoms with Gasteiger partial charge in [-0.25, -0.2) is 0 Å². The van der Waals surface area contributed by atoms with Crippen LogP contribution in [0.2, 0.25) is 0 Å². The molecule has 0 aromatic carbocycles. The number of hydrogen-bond donors (Lipinski definition) is 2. The minimum atomic E-state index is 0.267. The Hall–Kier alpha value is -0.610. The number of likely N-dealkylation sites (tertiary alicyclic amines) is 1. The molecule has 1 amide bonds. The third-order valence-electron chi connectivity index (χ3n) is 4.88. The number of carbonyl (C=O) groups excluding carboxylic acids is 1. The zero-order valence-corrected chi connectivity index (χ0v) is 11.2. The summed E-state index contributed by atoms with van der Waals surface area (Å²) in [5.74, 6) is 1.86. The predicted molar refractivity (Wildman–Crippen MR) is 71.3 cm³/mol. The maximum absolute atomic E-state index is 11.4. The highest BCUT2D eigenvalue weighted by Gasteiger charge is 2.34. The zero-order valence-electron chi connectivity index (χ0n) is 11.2. The molecule has 102 valence electrons. The second-order valence-electron chi connectivity index (χ2n) is 6.21.